The van der Waals surface area contributed by atoms with E-state index in [-0.39, 0.29) is 17.9 Å². The molecule has 1 fully saturated rings. The summed E-state index contributed by atoms with van der Waals surface area (Å²) in [4.78, 5) is 54.1. The molecule has 1 saturated heterocycles. The van der Waals surface area contributed by atoms with Crippen LogP contribution in [0.4, 0.5) is 10.5 Å². The molecule has 186 valence electrons. The van der Waals surface area contributed by atoms with Crippen LogP contribution in [-0.4, -0.2) is 59.9 Å². The minimum absolute atomic E-state index is 0.0465. The number of amides is 5. The number of nitrogens with zero attached hydrogens (tertiary/aromatic N) is 2. The van der Waals surface area contributed by atoms with Crippen LogP contribution in [0.1, 0.15) is 38.8 Å². The van der Waals surface area contributed by atoms with Gasteiger partial charge in [-0.1, -0.05) is 57.2 Å². The number of anilines is 1. The molecule has 2 aromatic rings. The highest BCUT2D eigenvalue weighted by Crippen LogP contribution is 2.31. The molecule has 0 bridgehead atoms. The second-order valence-electron chi connectivity index (χ2n) is 9.77. The number of urea groups is 1. The minimum Gasteiger partial charge on any atom is -0.335 e. The highest BCUT2D eigenvalue weighted by Gasteiger charge is 2.49. The van der Waals surface area contributed by atoms with Gasteiger partial charge in [-0.25, -0.2) is 4.79 Å². The van der Waals surface area contributed by atoms with Gasteiger partial charge in [-0.15, -0.1) is 11.8 Å². The zero-order valence-electron chi connectivity index (χ0n) is 21.0. The standard InChI is InChI=1S/C26H32N4O4S/c1-25(2,3)17-11-13-18(14-12-17)26(4)23(33)30(24(34)28-26)16-22(32)29(5)15-21(31)27-19-9-7-8-10-20(19)35-6/h7-14H,15-16H2,1-6H3,(H,27,31)(H,28,34)/t26-/m0/s1. The molecule has 8 nitrogen and oxygen atoms in total. The molecule has 1 aliphatic heterocycles. The van der Waals surface area contributed by atoms with Gasteiger partial charge < -0.3 is 15.5 Å². The average molecular weight is 497 g/mol. The fraction of sp³-hybridized carbons (Fsp3) is 0.385. The van der Waals surface area contributed by atoms with E-state index in [1.807, 2.05) is 48.7 Å². The number of imide groups is 1. The molecule has 2 aromatic carbocycles. The summed E-state index contributed by atoms with van der Waals surface area (Å²) in [5.41, 5.74) is 1.08. The molecule has 1 atom stereocenters. The van der Waals surface area contributed by atoms with Crippen molar-refractivity contribution in [1.29, 1.82) is 0 Å². The Morgan fingerprint density at radius 1 is 1.09 bits per heavy atom. The molecule has 1 aliphatic rings. The lowest BCUT2D eigenvalue weighted by molar-refractivity contribution is -0.139. The lowest BCUT2D eigenvalue weighted by Crippen LogP contribution is -2.45. The molecule has 0 unspecified atom stereocenters. The molecule has 0 aromatic heterocycles. The number of benzene rings is 2. The first-order chi connectivity index (χ1) is 16.4. The maximum atomic E-state index is 13.2. The monoisotopic (exact) mass is 496 g/mol. The van der Waals surface area contributed by atoms with Crippen LogP contribution in [0.3, 0.4) is 0 Å². The van der Waals surface area contributed by atoms with Crippen molar-refractivity contribution in [3.05, 3.63) is 59.7 Å². The average Bonchev–Trinajstić information content (AvgIpc) is 3.02. The smallest absolute Gasteiger partial charge is 0.325 e. The van der Waals surface area contributed by atoms with E-state index in [1.54, 1.807) is 13.0 Å². The second-order valence-corrected chi connectivity index (χ2v) is 10.6. The van der Waals surface area contributed by atoms with E-state index < -0.39 is 29.9 Å². The first-order valence-electron chi connectivity index (χ1n) is 11.3. The van der Waals surface area contributed by atoms with Gasteiger partial charge in [0.25, 0.3) is 5.91 Å². The van der Waals surface area contributed by atoms with E-state index in [2.05, 4.69) is 31.4 Å². The molecule has 35 heavy (non-hydrogen) atoms. The third-order valence-electron chi connectivity index (χ3n) is 6.08. The highest BCUT2D eigenvalue weighted by molar-refractivity contribution is 7.98. The summed E-state index contributed by atoms with van der Waals surface area (Å²) in [5.74, 6) is -1.40. The van der Waals surface area contributed by atoms with E-state index >= 15 is 0 Å². The Morgan fingerprint density at radius 3 is 2.31 bits per heavy atom. The minimum atomic E-state index is -1.27. The Bertz CT molecular complexity index is 1140. The largest absolute Gasteiger partial charge is 0.335 e. The zero-order chi connectivity index (χ0) is 26.0. The molecule has 1 heterocycles. The van der Waals surface area contributed by atoms with Crippen LogP contribution in [0, 0.1) is 0 Å². The summed E-state index contributed by atoms with van der Waals surface area (Å²) in [7, 11) is 1.46. The Labute approximate surface area is 210 Å². The molecule has 5 amide bonds. The number of hydrogen-bond donors (Lipinski definition) is 2. The normalized spacial score (nSPS) is 17.8. The predicted molar refractivity (Wildman–Crippen MR) is 137 cm³/mol. The van der Waals surface area contributed by atoms with Crippen molar-refractivity contribution in [2.24, 2.45) is 0 Å². The van der Waals surface area contributed by atoms with Crippen LogP contribution in [0.25, 0.3) is 0 Å². The first kappa shape index (κ1) is 26.3. The van der Waals surface area contributed by atoms with Crippen molar-refractivity contribution in [1.82, 2.24) is 15.1 Å². The van der Waals surface area contributed by atoms with Gasteiger partial charge in [0.05, 0.1) is 12.2 Å². The summed E-state index contributed by atoms with van der Waals surface area (Å²) in [6, 6.07) is 14.3. The van der Waals surface area contributed by atoms with Crippen molar-refractivity contribution in [3.63, 3.8) is 0 Å². The Hall–Kier alpha value is -3.33. The lowest BCUT2D eigenvalue weighted by atomic mass is 9.84. The predicted octanol–water partition coefficient (Wildman–Crippen LogP) is 3.57. The molecular weight excluding hydrogens is 464 g/mol. The van der Waals surface area contributed by atoms with E-state index in [9.17, 15) is 19.2 Å². The number of para-hydroxylation sites is 1. The van der Waals surface area contributed by atoms with Gasteiger partial charge in [-0.2, -0.15) is 0 Å². The van der Waals surface area contributed by atoms with E-state index in [0.29, 0.717) is 11.3 Å². The summed E-state index contributed by atoms with van der Waals surface area (Å²) in [6.45, 7) is 7.25. The summed E-state index contributed by atoms with van der Waals surface area (Å²) in [6.07, 6.45) is 1.91. The molecule has 9 heteroatoms. The molecule has 2 N–H and O–H groups in total. The van der Waals surface area contributed by atoms with Gasteiger partial charge in [-0.3, -0.25) is 19.3 Å². The molecule has 0 spiro atoms. The van der Waals surface area contributed by atoms with Crippen molar-refractivity contribution in [3.8, 4) is 0 Å². The second kappa shape index (κ2) is 10.1. The number of nitrogens with one attached hydrogen (secondary N) is 2. The number of likely N-dealkylation sites (N-methyl/N-ethyl adjacent to an activating group) is 1. The van der Waals surface area contributed by atoms with Crippen molar-refractivity contribution < 1.29 is 19.2 Å². The summed E-state index contributed by atoms with van der Waals surface area (Å²) < 4.78 is 0. The Morgan fingerprint density at radius 2 is 1.71 bits per heavy atom. The van der Waals surface area contributed by atoms with Crippen LogP contribution >= 0.6 is 11.8 Å². The SMILES string of the molecule is CSc1ccccc1NC(=O)CN(C)C(=O)CN1C(=O)N[C@@](C)(c2ccc(C(C)(C)C)cc2)C1=O. The van der Waals surface area contributed by atoms with Crippen molar-refractivity contribution in [2.45, 2.75) is 43.5 Å². The van der Waals surface area contributed by atoms with Crippen LogP contribution < -0.4 is 10.6 Å². The highest BCUT2D eigenvalue weighted by atomic mass is 32.2. The molecule has 0 saturated carbocycles. The van der Waals surface area contributed by atoms with Gasteiger partial charge in [0.2, 0.25) is 11.8 Å². The molecule has 3 rings (SSSR count). The topological polar surface area (TPSA) is 98.8 Å². The molecular formula is C26H32N4O4S. The lowest BCUT2D eigenvalue weighted by Gasteiger charge is -2.25. The van der Waals surface area contributed by atoms with Crippen LogP contribution in [0.15, 0.2) is 53.4 Å². The third-order valence-corrected chi connectivity index (χ3v) is 6.88. The van der Waals surface area contributed by atoms with E-state index in [0.717, 1.165) is 15.4 Å². The Balaban J connectivity index is 1.65. The maximum Gasteiger partial charge on any atom is 0.325 e. The summed E-state index contributed by atoms with van der Waals surface area (Å²) in [5, 5.41) is 5.51. The number of hydrogen-bond acceptors (Lipinski definition) is 5. The van der Waals surface area contributed by atoms with Crippen LogP contribution in [0.2, 0.25) is 0 Å². The Kier molecular flexibility index (Phi) is 7.59. The molecule has 0 aliphatic carbocycles. The van der Waals surface area contributed by atoms with Gasteiger partial charge in [0.1, 0.15) is 12.1 Å². The fourth-order valence-electron chi connectivity index (χ4n) is 3.84. The van der Waals surface area contributed by atoms with Crippen molar-refractivity contribution >= 4 is 41.2 Å². The third kappa shape index (κ3) is 5.67. The molecule has 0 radical (unpaired) electrons. The van der Waals surface area contributed by atoms with E-state index in [1.165, 1.54) is 23.7 Å². The van der Waals surface area contributed by atoms with Gasteiger partial charge >= 0.3 is 6.03 Å². The zero-order valence-corrected chi connectivity index (χ0v) is 21.8. The fourth-order valence-corrected chi connectivity index (χ4v) is 4.39. The van der Waals surface area contributed by atoms with Crippen molar-refractivity contribution in [2.75, 3.05) is 31.7 Å². The van der Waals surface area contributed by atoms with Gasteiger partial charge in [-0.05, 0) is 41.9 Å². The number of rotatable bonds is 7. The van der Waals surface area contributed by atoms with Crippen LogP contribution in [-0.2, 0) is 25.3 Å². The first-order valence-corrected chi connectivity index (χ1v) is 12.5. The summed E-state index contributed by atoms with van der Waals surface area (Å²) >= 11 is 1.50. The number of thioether (sulfide) groups is 1. The maximum absolute atomic E-state index is 13.2. The number of carbonyl (C=O) groups excluding carboxylic acids is 4. The number of carbonyl (C=O) groups is 4. The van der Waals surface area contributed by atoms with Crippen LogP contribution in [0.5, 0.6) is 0 Å². The quantitative estimate of drug-likeness (QED) is 0.451. The van der Waals surface area contributed by atoms with Gasteiger partial charge in [0, 0.05) is 11.9 Å². The van der Waals surface area contributed by atoms with Gasteiger partial charge in [0.15, 0.2) is 0 Å². The van der Waals surface area contributed by atoms with E-state index in [4.69, 9.17) is 0 Å².